The fourth-order valence-corrected chi connectivity index (χ4v) is 1.90. The number of hydrogen-bond acceptors (Lipinski definition) is 2. The minimum atomic E-state index is -4.56. The van der Waals surface area contributed by atoms with Gasteiger partial charge in [-0.05, 0) is 30.0 Å². The Bertz CT molecular complexity index is 523. The summed E-state index contributed by atoms with van der Waals surface area (Å²) in [4.78, 5) is 11.9. The molecule has 1 fully saturated rings. The highest BCUT2D eigenvalue weighted by molar-refractivity contribution is 5.95. The van der Waals surface area contributed by atoms with Gasteiger partial charge in [0.2, 0.25) is 0 Å². The van der Waals surface area contributed by atoms with Gasteiger partial charge in [0, 0.05) is 17.3 Å². The molecule has 1 amide bonds. The highest BCUT2D eigenvalue weighted by atomic mass is 19.4. The number of benzene rings is 1. The van der Waals surface area contributed by atoms with Gasteiger partial charge in [-0.15, -0.1) is 0 Å². The van der Waals surface area contributed by atoms with Crippen LogP contribution in [0.1, 0.15) is 36.2 Å². The van der Waals surface area contributed by atoms with Crippen LogP contribution in [-0.2, 0) is 6.18 Å². The monoisotopic (exact) mass is 272 g/mol. The number of nitrogens with two attached hydrogens (primary N) is 1. The summed E-state index contributed by atoms with van der Waals surface area (Å²) in [5.41, 5.74) is 3.93. The minimum Gasteiger partial charge on any atom is -0.398 e. The first kappa shape index (κ1) is 13.7. The lowest BCUT2D eigenvalue weighted by atomic mass is 10.1. The molecule has 1 atom stereocenters. The second-order valence-electron chi connectivity index (χ2n) is 5.52. The van der Waals surface area contributed by atoms with Gasteiger partial charge < -0.3 is 11.1 Å². The Kier molecular flexibility index (Phi) is 2.99. The van der Waals surface area contributed by atoms with Gasteiger partial charge in [-0.25, -0.2) is 0 Å². The molecular formula is C13H15F3N2O. The van der Waals surface area contributed by atoms with Gasteiger partial charge in [0.05, 0.1) is 5.56 Å². The zero-order valence-electron chi connectivity index (χ0n) is 10.6. The third kappa shape index (κ3) is 2.83. The maximum absolute atomic E-state index is 12.7. The number of nitrogen functional groups attached to an aromatic ring is 1. The molecule has 3 nitrogen and oxygen atoms in total. The van der Waals surface area contributed by atoms with E-state index in [4.69, 9.17) is 5.73 Å². The number of anilines is 1. The summed E-state index contributed by atoms with van der Waals surface area (Å²) in [6.07, 6.45) is -3.72. The summed E-state index contributed by atoms with van der Waals surface area (Å²) in [5, 5.41) is 2.71. The molecule has 1 aromatic rings. The normalized spacial score (nSPS) is 21.0. The molecule has 104 valence electrons. The van der Waals surface area contributed by atoms with E-state index < -0.39 is 17.6 Å². The first-order valence-electron chi connectivity index (χ1n) is 5.89. The van der Waals surface area contributed by atoms with Gasteiger partial charge in [0.25, 0.3) is 5.91 Å². The van der Waals surface area contributed by atoms with E-state index in [2.05, 4.69) is 5.32 Å². The van der Waals surface area contributed by atoms with Crippen molar-refractivity contribution in [2.75, 3.05) is 5.73 Å². The first-order valence-corrected chi connectivity index (χ1v) is 5.89. The molecule has 0 aliphatic heterocycles. The Morgan fingerprint density at radius 1 is 1.42 bits per heavy atom. The van der Waals surface area contributed by atoms with E-state index in [1.165, 1.54) is 6.07 Å². The van der Waals surface area contributed by atoms with Gasteiger partial charge >= 0.3 is 6.18 Å². The summed E-state index contributed by atoms with van der Waals surface area (Å²) in [7, 11) is 0. The standard InChI is InChI=1S/C13H15F3N2O/c1-12(2)6-10(12)18-11(19)7-3-4-9(17)8(5-7)13(14,15)16/h3-5,10H,6,17H2,1-2H3,(H,18,19). The van der Waals surface area contributed by atoms with E-state index in [1.54, 1.807) is 0 Å². The van der Waals surface area contributed by atoms with Crippen molar-refractivity contribution >= 4 is 11.6 Å². The maximum Gasteiger partial charge on any atom is 0.418 e. The zero-order valence-corrected chi connectivity index (χ0v) is 10.6. The van der Waals surface area contributed by atoms with E-state index in [1.807, 2.05) is 13.8 Å². The van der Waals surface area contributed by atoms with Crippen LogP contribution >= 0.6 is 0 Å². The summed E-state index contributed by atoms with van der Waals surface area (Å²) in [6.45, 7) is 3.98. The molecule has 2 rings (SSSR count). The van der Waals surface area contributed by atoms with Crippen molar-refractivity contribution in [3.63, 3.8) is 0 Å². The lowest BCUT2D eigenvalue weighted by molar-refractivity contribution is -0.136. The van der Waals surface area contributed by atoms with Crippen LogP contribution in [0.3, 0.4) is 0 Å². The highest BCUT2D eigenvalue weighted by Gasteiger charge is 2.46. The second kappa shape index (κ2) is 4.15. The second-order valence-corrected chi connectivity index (χ2v) is 5.52. The van der Waals surface area contributed by atoms with Crippen molar-refractivity contribution in [2.24, 2.45) is 5.41 Å². The lowest BCUT2D eigenvalue weighted by Gasteiger charge is -2.12. The van der Waals surface area contributed by atoms with Gasteiger partial charge in [-0.2, -0.15) is 13.2 Å². The molecule has 0 radical (unpaired) electrons. The van der Waals surface area contributed by atoms with Crippen LogP contribution < -0.4 is 11.1 Å². The van der Waals surface area contributed by atoms with E-state index in [9.17, 15) is 18.0 Å². The molecule has 1 aliphatic carbocycles. The molecule has 1 aliphatic rings. The zero-order chi connectivity index (χ0) is 14.4. The van der Waals surface area contributed by atoms with Crippen molar-refractivity contribution in [3.05, 3.63) is 29.3 Å². The van der Waals surface area contributed by atoms with Crippen LogP contribution in [0.25, 0.3) is 0 Å². The predicted molar refractivity (Wildman–Crippen MR) is 65.5 cm³/mol. The van der Waals surface area contributed by atoms with E-state index >= 15 is 0 Å². The molecule has 1 saturated carbocycles. The largest absolute Gasteiger partial charge is 0.418 e. The summed E-state index contributed by atoms with van der Waals surface area (Å²) in [5.74, 6) is -0.499. The van der Waals surface area contributed by atoms with Crippen LogP contribution in [-0.4, -0.2) is 11.9 Å². The average molecular weight is 272 g/mol. The van der Waals surface area contributed by atoms with Gasteiger partial charge in [0.1, 0.15) is 0 Å². The van der Waals surface area contributed by atoms with Crippen LogP contribution in [0.2, 0.25) is 0 Å². The van der Waals surface area contributed by atoms with Gasteiger partial charge in [-0.1, -0.05) is 13.8 Å². The van der Waals surface area contributed by atoms with Crippen LogP contribution in [0.4, 0.5) is 18.9 Å². The Morgan fingerprint density at radius 3 is 2.47 bits per heavy atom. The molecule has 0 spiro atoms. The Balaban J connectivity index is 2.19. The molecule has 0 heterocycles. The van der Waals surface area contributed by atoms with E-state index in [-0.39, 0.29) is 22.7 Å². The highest BCUT2D eigenvalue weighted by Crippen LogP contribution is 2.44. The van der Waals surface area contributed by atoms with Gasteiger partial charge in [-0.3, -0.25) is 4.79 Å². The third-order valence-electron chi connectivity index (χ3n) is 3.44. The molecule has 0 aromatic heterocycles. The summed E-state index contributed by atoms with van der Waals surface area (Å²) >= 11 is 0. The Hall–Kier alpha value is -1.72. The van der Waals surface area contributed by atoms with Crippen molar-refractivity contribution in [1.29, 1.82) is 0 Å². The predicted octanol–water partition coefficient (Wildman–Crippen LogP) is 2.82. The molecule has 0 saturated heterocycles. The molecular weight excluding hydrogens is 257 g/mol. The number of carbonyl (C=O) groups excluding carboxylic acids is 1. The van der Waals surface area contributed by atoms with Crippen LogP contribution in [0, 0.1) is 5.41 Å². The third-order valence-corrected chi connectivity index (χ3v) is 3.44. The molecule has 3 N–H and O–H groups in total. The SMILES string of the molecule is CC1(C)CC1NC(=O)c1ccc(N)c(C(F)(F)F)c1. The van der Waals surface area contributed by atoms with Crippen molar-refractivity contribution < 1.29 is 18.0 Å². The van der Waals surface area contributed by atoms with E-state index in [0.717, 1.165) is 18.6 Å². The van der Waals surface area contributed by atoms with E-state index in [0.29, 0.717) is 0 Å². The Morgan fingerprint density at radius 2 is 2.00 bits per heavy atom. The molecule has 19 heavy (non-hydrogen) atoms. The number of hydrogen-bond donors (Lipinski definition) is 2. The maximum atomic E-state index is 12.7. The fourth-order valence-electron chi connectivity index (χ4n) is 1.90. The number of amides is 1. The smallest absolute Gasteiger partial charge is 0.398 e. The van der Waals surface area contributed by atoms with Crippen molar-refractivity contribution in [3.8, 4) is 0 Å². The Labute approximate surface area is 109 Å². The summed E-state index contributed by atoms with van der Waals surface area (Å²) in [6, 6.07) is 3.22. The number of carbonyl (C=O) groups is 1. The minimum absolute atomic E-state index is 0.0203. The topological polar surface area (TPSA) is 55.1 Å². The molecule has 0 bridgehead atoms. The first-order chi connectivity index (χ1) is 8.61. The number of nitrogens with one attached hydrogen (secondary N) is 1. The number of alkyl halides is 3. The van der Waals surface area contributed by atoms with Crippen LogP contribution in [0.5, 0.6) is 0 Å². The van der Waals surface area contributed by atoms with Gasteiger partial charge in [0.15, 0.2) is 0 Å². The molecule has 6 heteroatoms. The number of halogens is 3. The molecule has 1 unspecified atom stereocenters. The fraction of sp³-hybridized carbons (Fsp3) is 0.462. The summed E-state index contributed by atoms with van der Waals surface area (Å²) < 4.78 is 38.0. The number of rotatable bonds is 2. The quantitative estimate of drug-likeness (QED) is 0.813. The van der Waals surface area contributed by atoms with Crippen LogP contribution in [0.15, 0.2) is 18.2 Å². The molecule has 1 aromatic carbocycles. The lowest BCUT2D eigenvalue weighted by Crippen LogP contribution is -2.28. The average Bonchev–Trinajstić information content (AvgIpc) is 2.84. The van der Waals surface area contributed by atoms with Crippen molar-refractivity contribution in [1.82, 2.24) is 5.32 Å². The van der Waals surface area contributed by atoms with Crippen molar-refractivity contribution in [2.45, 2.75) is 32.5 Å².